The Balaban J connectivity index is 1.80. The van der Waals surface area contributed by atoms with Crippen molar-refractivity contribution in [2.45, 2.75) is 38.0 Å². The van der Waals surface area contributed by atoms with E-state index in [-0.39, 0.29) is 5.69 Å². The van der Waals surface area contributed by atoms with E-state index in [1.165, 1.54) is 31.4 Å². The minimum atomic E-state index is -0.403. The third-order valence-electron chi connectivity index (χ3n) is 3.91. The average molecular weight is 272 g/mol. The molecule has 0 atom stereocenters. The number of hydrogen-bond acceptors (Lipinski definition) is 4. The van der Waals surface area contributed by atoms with Crippen LogP contribution in [0.15, 0.2) is 34.9 Å². The molecule has 5 nitrogen and oxygen atoms in total. The molecule has 1 fully saturated rings. The Bertz CT molecular complexity index is 598. The fraction of sp³-hybridized carbons (Fsp3) is 0.400. The average Bonchev–Trinajstić information content (AvgIpc) is 2.98. The second-order valence-electron chi connectivity index (χ2n) is 5.25. The van der Waals surface area contributed by atoms with E-state index < -0.39 is 4.92 Å². The van der Waals surface area contributed by atoms with Gasteiger partial charge in [0, 0.05) is 29.7 Å². The summed E-state index contributed by atoms with van der Waals surface area (Å²) in [5.41, 5.74) is 1.69. The summed E-state index contributed by atoms with van der Waals surface area (Å²) in [6, 6.07) is 8.37. The van der Waals surface area contributed by atoms with E-state index in [2.05, 4.69) is 5.16 Å². The van der Waals surface area contributed by atoms with Crippen LogP contribution in [0.3, 0.4) is 0 Å². The quantitative estimate of drug-likeness (QED) is 0.617. The van der Waals surface area contributed by atoms with Crippen LogP contribution in [0.25, 0.3) is 11.3 Å². The Hall–Kier alpha value is -2.17. The molecule has 0 saturated heterocycles. The van der Waals surface area contributed by atoms with Gasteiger partial charge in [-0.3, -0.25) is 10.1 Å². The van der Waals surface area contributed by atoms with Crippen LogP contribution in [0.1, 0.15) is 43.8 Å². The van der Waals surface area contributed by atoms with Crippen molar-refractivity contribution in [2.75, 3.05) is 0 Å². The van der Waals surface area contributed by atoms with Gasteiger partial charge in [-0.25, -0.2) is 0 Å². The zero-order valence-electron chi connectivity index (χ0n) is 11.1. The van der Waals surface area contributed by atoms with Crippen molar-refractivity contribution in [1.82, 2.24) is 5.16 Å². The number of nitro groups is 1. The highest BCUT2D eigenvalue weighted by molar-refractivity contribution is 5.60. The molecule has 1 aliphatic carbocycles. The summed E-state index contributed by atoms with van der Waals surface area (Å²) >= 11 is 0. The molecule has 0 spiro atoms. The van der Waals surface area contributed by atoms with Crippen molar-refractivity contribution in [2.24, 2.45) is 0 Å². The molecular weight excluding hydrogens is 256 g/mol. The molecule has 3 rings (SSSR count). The molecule has 1 aromatic carbocycles. The van der Waals surface area contributed by atoms with Crippen molar-refractivity contribution in [3.05, 3.63) is 46.2 Å². The molecule has 1 heterocycles. The van der Waals surface area contributed by atoms with Gasteiger partial charge in [0.25, 0.3) is 5.69 Å². The van der Waals surface area contributed by atoms with Crippen molar-refractivity contribution in [3.63, 3.8) is 0 Å². The minimum Gasteiger partial charge on any atom is -0.360 e. The number of non-ortho nitro benzene ring substituents is 1. The maximum absolute atomic E-state index is 10.6. The lowest BCUT2D eigenvalue weighted by atomic mass is 9.87. The van der Waals surface area contributed by atoms with E-state index in [0.29, 0.717) is 5.92 Å². The molecule has 1 saturated carbocycles. The number of nitro benzene ring substituents is 1. The number of benzene rings is 1. The van der Waals surface area contributed by atoms with Gasteiger partial charge in [0.15, 0.2) is 0 Å². The Morgan fingerprint density at radius 2 is 1.85 bits per heavy atom. The van der Waals surface area contributed by atoms with Gasteiger partial charge in [-0.2, -0.15) is 0 Å². The molecule has 5 heteroatoms. The topological polar surface area (TPSA) is 69.2 Å². The van der Waals surface area contributed by atoms with E-state index in [1.54, 1.807) is 12.1 Å². The van der Waals surface area contributed by atoms with Gasteiger partial charge in [-0.1, -0.05) is 24.4 Å². The third kappa shape index (κ3) is 2.57. The highest BCUT2D eigenvalue weighted by Crippen LogP contribution is 2.34. The number of nitrogens with zero attached hydrogens (tertiary/aromatic N) is 2. The van der Waals surface area contributed by atoms with Crippen LogP contribution < -0.4 is 0 Å². The molecule has 2 aromatic rings. The van der Waals surface area contributed by atoms with Crippen molar-refractivity contribution >= 4 is 5.69 Å². The van der Waals surface area contributed by atoms with Crippen LogP contribution in [0.5, 0.6) is 0 Å². The normalized spacial score (nSPS) is 16.2. The lowest BCUT2D eigenvalue weighted by Gasteiger charge is -2.18. The Kier molecular flexibility index (Phi) is 3.50. The minimum absolute atomic E-state index is 0.0877. The second kappa shape index (κ2) is 5.45. The van der Waals surface area contributed by atoms with Gasteiger partial charge in [0.05, 0.1) is 4.92 Å². The van der Waals surface area contributed by atoms with E-state index >= 15 is 0 Å². The van der Waals surface area contributed by atoms with Crippen molar-refractivity contribution < 1.29 is 9.45 Å². The first-order valence-electron chi connectivity index (χ1n) is 6.95. The summed E-state index contributed by atoms with van der Waals surface area (Å²) < 4.78 is 5.45. The van der Waals surface area contributed by atoms with Gasteiger partial charge >= 0.3 is 0 Å². The molecule has 0 amide bonds. The van der Waals surface area contributed by atoms with Gasteiger partial charge in [-0.15, -0.1) is 0 Å². The first-order valence-corrected chi connectivity index (χ1v) is 6.95. The van der Waals surface area contributed by atoms with E-state index in [4.69, 9.17) is 4.52 Å². The van der Waals surface area contributed by atoms with Gasteiger partial charge in [0.1, 0.15) is 11.5 Å². The zero-order chi connectivity index (χ0) is 13.9. The van der Waals surface area contributed by atoms with Gasteiger partial charge < -0.3 is 4.52 Å². The predicted octanol–water partition coefficient (Wildman–Crippen LogP) is 4.30. The fourth-order valence-corrected chi connectivity index (χ4v) is 2.76. The molecule has 1 aliphatic rings. The molecule has 20 heavy (non-hydrogen) atoms. The van der Waals surface area contributed by atoms with Crippen LogP contribution >= 0.6 is 0 Å². The molecule has 0 aliphatic heterocycles. The van der Waals surface area contributed by atoms with Gasteiger partial charge in [0.2, 0.25) is 0 Å². The third-order valence-corrected chi connectivity index (χ3v) is 3.91. The van der Waals surface area contributed by atoms with E-state index in [1.807, 2.05) is 6.07 Å². The molecule has 0 bridgehead atoms. The smallest absolute Gasteiger partial charge is 0.269 e. The van der Waals surface area contributed by atoms with Crippen LogP contribution in [-0.2, 0) is 0 Å². The summed E-state index contributed by atoms with van der Waals surface area (Å²) in [5.74, 6) is 1.42. The van der Waals surface area contributed by atoms with E-state index in [0.717, 1.165) is 29.9 Å². The van der Waals surface area contributed by atoms with Crippen molar-refractivity contribution in [3.8, 4) is 11.3 Å². The largest absolute Gasteiger partial charge is 0.360 e. The summed E-state index contributed by atoms with van der Waals surface area (Å²) in [6.07, 6.45) is 6.13. The second-order valence-corrected chi connectivity index (χ2v) is 5.25. The monoisotopic (exact) mass is 272 g/mol. The maximum atomic E-state index is 10.6. The molecule has 0 radical (unpaired) electrons. The Morgan fingerprint density at radius 3 is 2.50 bits per heavy atom. The molecule has 104 valence electrons. The SMILES string of the molecule is O=[N+]([O-])c1ccc(-c2cc(C3CCCCC3)on2)cc1. The van der Waals surface area contributed by atoms with Crippen LogP contribution in [0.2, 0.25) is 0 Å². The molecule has 1 aromatic heterocycles. The summed E-state index contributed by atoms with van der Waals surface area (Å²) in [5, 5.41) is 14.7. The number of rotatable bonds is 3. The lowest BCUT2D eigenvalue weighted by Crippen LogP contribution is -2.02. The first-order chi connectivity index (χ1) is 9.74. The van der Waals surface area contributed by atoms with Crippen LogP contribution in [-0.4, -0.2) is 10.1 Å². The lowest BCUT2D eigenvalue weighted by molar-refractivity contribution is -0.384. The molecule has 0 unspecified atom stereocenters. The van der Waals surface area contributed by atoms with Gasteiger partial charge in [-0.05, 0) is 25.0 Å². The molecular formula is C15H16N2O3. The van der Waals surface area contributed by atoms with Crippen LogP contribution in [0.4, 0.5) is 5.69 Å². The van der Waals surface area contributed by atoms with Crippen LogP contribution in [0, 0.1) is 10.1 Å². The zero-order valence-corrected chi connectivity index (χ0v) is 11.1. The number of aromatic nitrogens is 1. The highest BCUT2D eigenvalue weighted by atomic mass is 16.6. The molecule has 0 N–H and O–H groups in total. The highest BCUT2D eigenvalue weighted by Gasteiger charge is 2.20. The summed E-state index contributed by atoms with van der Waals surface area (Å²) in [4.78, 5) is 10.2. The fourth-order valence-electron chi connectivity index (χ4n) is 2.76. The van der Waals surface area contributed by atoms with E-state index in [9.17, 15) is 10.1 Å². The predicted molar refractivity (Wildman–Crippen MR) is 74.4 cm³/mol. The van der Waals surface area contributed by atoms with Crippen molar-refractivity contribution in [1.29, 1.82) is 0 Å². The number of hydrogen-bond donors (Lipinski definition) is 0. The first kappa shape index (κ1) is 12.8. The summed E-state index contributed by atoms with van der Waals surface area (Å²) in [7, 11) is 0. The standard InChI is InChI=1S/C15H16N2O3/c18-17(19)13-8-6-11(7-9-13)14-10-15(20-16-14)12-4-2-1-3-5-12/h6-10,12H,1-5H2. The Morgan fingerprint density at radius 1 is 1.15 bits per heavy atom. The Labute approximate surface area is 116 Å². The summed E-state index contributed by atoms with van der Waals surface area (Å²) in [6.45, 7) is 0. The maximum Gasteiger partial charge on any atom is 0.269 e.